The topological polar surface area (TPSA) is 26.0 Å². The summed E-state index contributed by atoms with van der Waals surface area (Å²) in [7, 11) is 1.82. The average Bonchev–Trinajstić information content (AvgIpc) is 2.91. The molecule has 2 aromatic carbocycles. The van der Waals surface area contributed by atoms with Crippen LogP contribution in [0.15, 0.2) is 54.6 Å². The van der Waals surface area contributed by atoms with Crippen LogP contribution in [0.2, 0.25) is 0 Å². The van der Waals surface area contributed by atoms with Crippen molar-refractivity contribution in [3.63, 3.8) is 0 Å². The lowest BCUT2D eigenvalue weighted by molar-refractivity contribution is 0.153. The van der Waals surface area contributed by atoms with E-state index in [4.69, 9.17) is 12.2 Å². The molecule has 0 bridgehead atoms. The van der Waals surface area contributed by atoms with E-state index in [0.29, 0.717) is 28.9 Å². The highest BCUT2D eigenvalue weighted by atomic mass is 32.1. The first-order valence-electron chi connectivity index (χ1n) is 8.64. The van der Waals surface area contributed by atoms with E-state index in [0.717, 1.165) is 6.54 Å². The summed E-state index contributed by atoms with van der Waals surface area (Å²) in [6.45, 7) is 5.64. The lowest BCUT2D eigenvalue weighted by Gasteiger charge is -2.26. The molecule has 0 aliphatic carbocycles. The van der Waals surface area contributed by atoms with Gasteiger partial charge in [0, 0.05) is 19.6 Å². The second-order valence-electron chi connectivity index (χ2n) is 6.61. The molecule has 0 amide bonds. The fourth-order valence-corrected chi connectivity index (χ4v) is 3.03. The molecule has 0 atom stereocenters. The van der Waals surface area contributed by atoms with Crippen LogP contribution in [-0.2, 0) is 20.3 Å². The molecule has 0 saturated carbocycles. The zero-order valence-electron chi connectivity index (χ0n) is 15.3. The van der Waals surface area contributed by atoms with Gasteiger partial charge in [0.2, 0.25) is 0 Å². The molecule has 0 N–H and O–H groups in total. The Labute approximate surface area is 158 Å². The van der Waals surface area contributed by atoms with Gasteiger partial charge >= 0.3 is 0 Å². The molecule has 4 nitrogen and oxygen atoms in total. The van der Waals surface area contributed by atoms with Gasteiger partial charge in [-0.3, -0.25) is 4.90 Å². The minimum Gasteiger partial charge on any atom is -0.303 e. The Balaban J connectivity index is 1.90. The first-order valence-corrected chi connectivity index (χ1v) is 9.05. The zero-order chi connectivity index (χ0) is 18.7. The van der Waals surface area contributed by atoms with Crippen LogP contribution in [0.3, 0.4) is 0 Å². The third-order valence-electron chi connectivity index (χ3n) is 4.43. The molecular weight excluding hydrogens is 347 g/mol. The Bertz CT molecular complexity index is 930. The molecule has 0 aliphatic rings. The molecule has 6 heteroatoms. The van der Waals surface area contributed by atoms with Gasteiger partial charge in [0.25, 0.3) is 0 Å². The standard InChI is InChI=1S/C20H23FN4S/c1-15(2)24(13-16-9-5-4-6-10-16)14-25-20(26)23(3)19(22-25)17-11-7-8-12-18(17)21/h4-12,15H,13-14H2,1-3H3. The van der Waals surface area contributed by atoms with Gasteiger partial charge in [-0.05, 0) is 43.8 Å². The van der Waals surface area contributed by atoms with Gasteiger partial charge in [0.15, 0.2) is 10.6 Å². The van der Waals surface area contributed by atoms with Crippen molar-refractivity contribution < 1.29 is 4.39 Å². The lowest BCUT2D eigenvalue weighted by atomic mass is 10.2. The van der Waals surface area contributed by atoms with Crippen molar-refractivity contribution >= 4 is 12.2 Å². The Hall–Kier alpha value is -2.31. The number of nitrogens with zero attached hydrogens (tertiary/aromatic N) is 4. The van der Waals surface area contributed by atoms with E-state index < -0.39 is 0 Å². The van der Waals surface area contributed by atoms with Crippen LogP contribution < -0.4 is 0 Å². The molecule has 0 aliphatic heterocycles. The monoisotopic (exact) mass is 370 g/mol. The molecule has 3 rings (SSSR count). The fourth-order valence-electron chi connectivity index (χ4n) is 2.84. The molecule has 0 unspecified atom stereocenters. The van der Waals surface area contributed by atoms with Crippen LogP contribution in [0.4, 0.5) is 4.39 Å². The van der Waals surface area contributed by atoms with Gasteiger partial charge in [-0.2, -0.15) is 5.10 Å². The van der Waals surface area contributed by atoms with Crippen molar-refractivity contribution in [1.82, 2.24) is 19.2 Å². The lowest BCUT2D eigenvalue weighted by Crippen LogP contribution is -2.33. The molecule has 1 heterocycles. The van der Waals surface area contributed by atoms with E-state index in [9.17, 15) is 4.39 Å². The molecule has 0 fully saturated rings. The Morgan fingerprint density at radius 2 is 1.73 bits per heavy atom. The van der Waals surface area contributed by atoms with Crippen LogP contribution in [0, 0.1) is 10.6 Å². The third kappa shape index (κ3) is 3.92. The second kappa shape index (κ2) is 7.93. The molecule has 3 aromatic rings. The van der Waals surface area contributed by atoms with E-state index in [1.807, 2.05) is 25.2 Å². The average molecular weight is 370 g/mol. The Morgan fingerprint density at radius 1 is 1.08 bits per heavy atom. The number of hydrogen-bond donors (Lipinski definition) is 0. The van der Waals surface area contributed by atoms with Crippen LogP contribution in [0.1, 0.15) is 19.4 Å². The Morgan fingerprint density at radius 3 is 2.38 bits per heavy atom. The Kier molecular flexibility index (Phi) is 5.64. The highest BCUT2D eigenvalue weighted by Crippen LogP contribution is 2.21. The number of hydrogen-bond acceptors (Lipinski definition) is 3. The highest BCUT2D eigenvalue weighted by molar-refractivity contribution is 7.71. The molecule has 26 heavy (non-hydrogen) atoms. The molecule has 136 valence electrons. The summed E-state index contributed by atoms with van der Waals surface area (Å²) < 4.78 is 18.3. The summed E-state index contributed by atoms with van der Waals surface area (Å²) in [5.74, 6) is 0.240. The number of rotatable bonds is 6. The maximum absolute atomic E-state index is 14.2. The van der Waals surface area contributed by atoms with Gasteiger partial charge < -0.3 is 4.57 Å². The van der Waals surface area contributed by atoms with Gasteiger partial charge in [0.05, 0.1) is 12.2 Å². The van der Waals surface area contributed by atoms with E-state index in [1.54, 1.807) is 27.4 Å². The number of benzene rings is 2. The van der Waals surface area contributed by atoms with E-state index in [1.165, 1.54) is 11.6 Å². The molecule has 1 aromatic heterocycles. The van der Waals surface area contributed by atoms with Crippen molar-refractivity contribution in [2.24, 2.45) is 7.05 Å². The number of aromatic nitrogens is 3. The quantitative estimate of drug-likeness (QED) is 0.592. The molecular formula is C20H23FN4S. The summed E-state index contributed by atoms with van der Waals surface area (Å²) in [5.41, 5.74) is 1.69. The van der Waals surface area contributed by atoms with Crippen LogP contribution in [-0.4, -0.2) is 25.3 Å². The van der Waals surface area contributed by atoms with Crippen LogP contribution in [0.5, 0.6) is 0 Å². The molecule has 0 spiro atoms. The summed E-state index contributed by atoms with van der Waals surface area (Å²) in [6.07, 6.45) is 0. The minimum atomic E-state index is -0.298. The van der Waals surface area contributed by atoms with Crippen molar-refractivity contribution in [2.45, 2.75) is 33.1 Å². The van der Waals surface area contributed by atoms with Gasteiger partial charge in [0.1, 0.15) is 5.82 Å². The first kappa shape index (κ1) is 18.5. The summed E-state index contributed by atoms with van der Waals surface area (Å²) in [4.78, 5) is 2.28. The maximum Gasteiger partial charge on any atom is 0.199 e. The summed E-state index contributed by atoms with van der Waals surface area (Å²) >= 11 is 5.54. The largest absolute Gasteiger partial charge is 0.303 e. The SMILES string of the molecule is CC(C)N(Cc1ccccc1)Cn1nc(-c2ccccc2F)n(C)c1=S. The van der Waals surface area contributed by atoms with Gasteiger partial charge in [-0.25, -0.2) is 9.07 Å². The maximum atomic E-state index is 14.2. The predicted molar refractivity (Wildman–Crippen MR) is 105 cm³/mol. The van der Waals surface area contributed by atoms with E-state index in [-0.39, 0.29) is 5.82 Å². The van der Waals surface area contributed by atoms with Crippen LogP contribution >= 0.6 is 12.2 Å². The smallest absolute Gasteiger partial charge is 0.199 e. The van der Waals surface area contributed by atoms with Crippen molar-refractivity contribution in [2.75, 3.05) is 0 Å². The van der Waals surface area contributed by atoms with Crippen molar-refractivity contribution in [3.8, 4) is 11.4 Å². The third-order valence-corrected chi connectivity index (χ3v) is 4.91. The van der Waals surface area contributed by atoms with Crippen LogP contribution in [0.25, 0.3) is 11.4 Å². The van der Waals surface area contributed by atoms with Gasteiger partial charge in [-0.15, -0.1) is 0 Å². The van der Waals surface area contributed by atoms with E-state index in [2.05, 4.69) is 36.0 Å². The van der Waals surface area contributed by atoms with E-state index >= 15 is 0 Å². The summed E-state index contributed by atoms with van der Waals surface area (Å²) in [5, 5.41) is 4.60. The normalized spacial score (nSPS) is 11.5. The van der Waals surface area contributed by atoms with Crippen molar-refractivity contribution in [3.05, 3.63) is 70.7 Å². The van der Waals surface area contributed by atoms with Crippen molar-refractivity contribution in [1.29, 1.82) is 0 Å². The first-order chi connectivity index (χ1) is 12.5. The predicted octanol–water partition coefficient (Wildman–Crippen LogP) is 4.63. The molecule has 0 saturated heterocycles. The highest BCUT2D eigenvalue weighted by Gasteiger charge is 2.17. The zero-order valence-corrected chi connectivity index (χ0v) is 16.1. The summed E-state index contributed by atoms with van der Waals surface area (Å²) in [6, 6.07) is 17.3. The fraction of sp³-hybridized carbons (Fsp3) is 0.300. The molecule has 0 radical (unpaired) electrons. The second-order valence-corrected chi connectivity index (χ2v) is 6.98. The minimum absolute atomic E-state index is 0.298. The number of halogens is 1. The van der Waals surface area contributed by atoms with Gasteiger partial charge in [-0.1, -0.05) is 42.5 Å².